The van der Waals surface area contributed by atoms with Crippen molar-refractivity contribution in [3.05, 3.63) is 56.7 Å². The summed E-state index contributed by atoms with van der Waals surface area (Å²) in [6.07, 6.45) is 3.51. The minimum Gasteiger partial charge on any atom is -0.0613 e. The van der Waals surface area contributed by atoms with Gasteiger partial charge in [-0.2, -0.15) is 0 Å². The highest BCUT2D eigenvalue weighted by Gasteiger charge is 2.15. The van der Waals surface area contributed by atoms with E-state index in [1.165, 1.54) is 44.2 Å². The Labute approximate surface area is 116 Å². The first-order chi connectivity index (χ1) is 8.28. The molecular formula is C16H15I. The van der Waals surface area contributed by atoms with E-state index in [1.54, 1.807) is 0 Å². The number of hydrogen-bond acceptors (Lipinski definition) is 0. The molecule has 0 nitrogen and oxygen atoms in total. The maximum atomic E-state index is 2.40. The zero-order chi connectivity index (χ0) is 11.8. The standard InChI is InChI=1S/C16H15I/c1-2-11-3-7-15-12(9-11)4-5-13-10-14(17)6-8-16(13)15/h3,6-10H,2,4-5H2,1H3. The molecule has 0 spiro atoms. The Morgan fingerprint density at radius 2 is 1.59 bits per heavy atom. The van der Waals surface area contributed by atoms with Gasteiger partial charge in [-0.05, 0) is 81.8 Å². The fourth-order valence-corrected chi connectivity index (χ4v) is 3.19. The van der Waals surface area contributed by atoms with Crippen LogP contribution >= 0.6 is 22.6 Å². The second kappa shape index (κ2) is 4.45. The van der Waals surface area contributed by atoms with Gasteiger partial charge in [0.1, 0.15) is 0 Å². The van der Waals surface area contributed by atoms with Crippen LogP contribution in [0.15, 0.2) is 36.4 Å². The molecule has 0 aliphatic heterocycles. The SMILES string of the molecule is CCc1ccc2c(c1)CCc1cc(I)ccc1-2. The van der Waals surface area contributed by atoms with Crippen molar-refractivity contribution in [2.45, 2.75) is 26.2 Å². The summed E-state index contributed by atoms with van der Waals surface area (Å²) < 4.78 is 1.34. The zero-order valence-electron chi connectivity index (χ0n) is 9.96. The topological polar surface area (TPSA) is 0 Å². The van der Waals surface area contributed by atoms with Gasteiger partial charge in [-0.3, -0.25) is 0 Å². The second-order valence-corrected chi connectivity index (χ2v) is 5.89. The van der Waals surface area contributed by atoms with Crippen molar-refractivity contribution in [3.63, 3.8) is 0 Å². The Bertz CT molecular complexity index is 570. The molecule has 0 heterocycles. The van der Waals surface area contributed by atoms with Gasteiger partial charge in [-0.15, -0.1) is 0 Å². The monoisotopic (exact) mass is 334 g/mol. The molecule has 0 unspecified atom stereocenters. The molecule has 0 N–H and O–H groups in total. The van der Waals surface area contributed by atoms with E-state index in [0.717, 1.165) is 6.42 Å². The number of benzene rings is 2. The van der Waals surface area contributed by atoms with Crippen molar-refractivity contribution in [1.82, 2.24) is 0 Å². The molecule has 0 aromatic heterocycles. The third-order valence-corrected chi connectivity index (χ3v) is 4.27. The van der Waals surface area contributed by atoms with Gasteiger partial charge in [-0.25, -0.2) is 0 Å². The molecule has 0 bridgehead atoms. The van der Waals surface area contributed by atoms with E-state index in [0.29, 0.717) is 0 Å². The third kappa shape index (κ3) is 2.01. The van der Waals surface area contributed by atoms with E-state index < -0.39 is 0 Å². The molecule has 0 saturated carbocycles. The molecular weight excluding hydrogens is 319 g/mol. The van der Waals surface area contributed by atoms with Gasteiger partial charge in [0.2, 0.25) is 0 Å². The lowest BCUT2D eigenvalue weighted by atomic mass is 9.85. The molecule has 2 aromatic carbocycles. The summed E-state index contributed by atoms with van der Waals surface area (Å²) in [6, 6.07) is 13.8. The molecule has 0 fully saturated rings. The van der Waals surface area contributed by atoms with Crippen LogP contribution in [-0.4, -0.2) is 0 Å². The molecule has 0 amide bonds. The molecule has 0 radical (unpaired) electrons. The quantitative estimate of drug-likeness (QED) is 0.668. The Hall–Kier alpha value is -0.830. The van der Waals surface area contributed by atoms with Crippen LogP contribution in [0.25, 0.3) is 11.1 Å². The summed E-state index contributed by atoms with van der Waals surface area (Å²) >= 11 is 2.40. The van der Waals surface area contributed by atoms with Gasteiger partial charge >= 0.3 is 0 Å². The van der Waals surface area contributed by atoms with E-state index in [1.807, 2.05) is 0 Å². The predicted molar refractivity (Wildman–Crippen MR) is 81.4 cm³/mol. The summed E-state index contributed by atoms with van der Waals surface area (Å²) in [5.74, 6) is 0. The van der Waals surface area contributed by atoms with Crippen molar-refractivity contribution < 1.29 is 0 Å². The van der Waals surface area contributed by atoms with Crippen LogP contribution in [0.5, 0.6) is 0 Å². The summed E-state index contributed by atoms with van der Waals surface area (Å²) in [5.41, 5.74) is 7.37. The lowest BCUT2D eigenvalue weighted by molar-refractivity contribution is 0.934. The average Bonchev–Trinajstić information content (AvgIpc) is 2.37. The third-order valence-electron chi connectivity index (χ3n) is 3.60. The minimum atomic E-state index is 1.13. The van der Waals surface area contributed by atoms with E-state index in [9.17, 15) is 0 Å². The van der Waals surface area contributed by atoms with Crippen LogP contribution in [0.2, 0.25) is 0 Å². The van der Waals surface area contributed by atoms with Crippen molar-refractivity contribution >= 4 is 22.6 Å². The number of aryl methyl sites for hydroxylation is 3. The van der Waals surface area contributed by atoms with Gasteiger partial charge in [0, 0.05) is 3.57 Å². The summed E-state index contributed by atoms with van der Waals surface area (Å²) in [4.78, 5) is 0. The molecule has 3 rings (SSSR count). The number of fused-ring (bicyclic) bond motifs is 3. The van der Waals surface area contributed by atoms with E-state index in [-0.39, 0.29) is 0 Å². The maximum Gasteiger partial charge on any atom is 0.0133 e. The molecule has 0 atom stereocenters. The van der Waals surface area contributed by atoms with Gasteiger partial charge in [0.15, 0.2) is 0 Å². The highest BCUT2D eigenvalue weighted by Crippen LogP contribution is 2.34. The van der Waals surface area contributed by atoms with Crippen LogP contribution in [0, 0.1) is 3.57 Å². The van der Waals surface area contributed by atoms with Crippen LogP contribution in [0.4, 0.5) is 0 Å². The molecule has 86 valence electrons. The fraction of sp³-hybridized carbons (Fsp3) is 0.250. The van der Waals surface area contributed by atoms with E-state index >= 15 is 0 Å². The molecule has 0 saturated heterocycles. The Morgan fingerprint density at radius 3 is 2.29 bits per heavy atom. The zero-order valence-corrected chi connectivity index (χ0v) is 12.1. The first-order valence-electron chi connectivity index (χ1n) is 6.18. The summed E-state index contributed by atoms with van der Waals surface area (Å²) in [5, 5.41) is 0. The van der Waals surface area contributed by atoms with Crippen molar-refractivity contribution in [2.75, 3.05) is 0 Å². The molecule has 17 heavy (non-hydrogen) atoms. The molecule has 1 heteroatoms. The first-order valence-corrected chi connectivity index (χ1v) is 7.26. The number of rotatable bonds is 1. The van der Waals surface area contributed by atoms with Gasteiger partial charge < -0.3 is 0 Å². The normalized spacial score (nSPS) is 13.1. The molecule has 2 aromatic rings. The minimum absolute atomic E-state index is 1.13. The van der Waals surface area contributed by atoms with Gasteiger partial charge in [0.25, 0.3) is 0 Å². The Balaban J connectivity index is 2.16. The highest BCUT2D eigenvalue weighted by molar-refractivity contribution is 14.1. The van der Waals surface area contributed by atoms with Crippen LogP contribution in [0.3, 0.4) is 0 Å². The smallest absolute Gasteiger partial charge is 0.0133 e. The Morgan fingerprint density at radius 1 is 0.941 bits per heavy atom. The average molecular weight is 334 g/mol. The van der Waals surface area contributed by atoms with Gasteiger partial charge in [0.05, 0.1) is 0 Å². The summed E-state index contributed by atoms with van der Waals surface area (Å²) in [7, 11) is 0. The van der Waals surface area contributed by atoms with Crippen molar-refractivity contribution in [2.24, 2.45) is 0 Å². The lowest BCUT2D eigenvalue weighted by Gasteiger charge is -2.20. The maximum absolute atomic E-state index is 2.40. The summed E-state index contributed by atoms with van der Waals surface area (Å²) in [6.45, 7) is 2.22. The van der Waals surface area contributed by atoms with Crippen LogP contribution in [-0.2, 0) is 19.3 Å². The van der Waals surface area contributed by atoms with Crippen molar-refractivity contribution in [3.8, 4) is 11.1 Å². The predicted octanol–water partition coefficient (Wildman–Crippen LogP) is 4.62. The van der Waals surface area contributed by atoms with Crippen LogP contribution in [0.1, 0.15) is 23.6 Å². The number of hydrogen-bond donors (Lipinski definition) is 0. The van der Waals surface area contributed by atoms with E-state index in [2.05, 4.69) is 65.9 Å². The first kappa shape index (κ1) is 11.3. The van der Waals surface area contributed by atoms with Crippen LogP contribution < -0.4 is 0 Å². The lowest BCUT2D eigenvalue weighted by Crippen LogP contribution is -2.04. The molecule has 1 aliphatic carbocycles. The van der Waals surface area contributed by atoms with E-state index in [4.69, 9.17) is 0 Å². The molecule has 1 aliphatic rings. The fourth-order valence-electron chi connectivity index (χ4n) is 2.64. The highest BCUT2D eigenvalue weighted by atomic mass is 127. The largest absolute Gasteiger partial charge is 0.0613 e. The van der Waals surface area contributed by atoms with Gasteiger partial charge in [-0.1, -0.05) is 31.2 Å². The second-order valence-electron chi connectivity index (χ2n) is 4.65. The van der Waals surface area contributed by atoms with Crippen molar-refractivity contribution in [1.29, 1.82) is 0 Å². The Kier molecular flexibility index (Phi) is 2.95. The number of halogens is 1.